The van der Waals surface area contributed by atoms with Crippen LogP contribution in [0.2, 0.25) is 5.02 Å². The molecule has 0 saturated heterocycles. The minimum Gasteiger partial charge on any atom is -0.479 e. The fraction of sp³-hybridized carbons (Fsp3) is 0.222. The molecule has 0 saturated carbocycles. The first-order valence-electron chi connectivity index (χ1n) is 3.92. The van der Waals surface area contributed by atoms with Crippen LogP contribution in [0.25, 0.3) is 0 Å². The largest absolute Gasteiger partial charge is 0.479 e. The highest BCUT2D eigenvalue weighted by Crippen LogP contribution is 2.28. The van der Waals surface area contributed by atoms with E-state index in [1.54, 1.807) is 0 Å². The van der Waals surface area contributed by atoms with Crippen LogP contribution in [0.5, 0.6) is 0 Å². The van der Waals surface area contributed by atoms with E-state index >= 15 is 0 Å². The summed E-state index contributed by atoms with van der Waals surface area (Å²) in [4.78, 5) is 10.4. The van der Waals surface area contributed by atoms with Gasteiger partial charge in [-0.1, -0.05) is 23.7 Å². The monoisotopic (exact) mass is 236 g/mol. The Balaban J connectivity index is 3.08. The number of carbonyl (C=O) groups is 1. The number of alkyl halides is 2. The van der Waals surface area contributed by atoms with E-state index < -0.39 is 18.5 Å². The van der Waals surface area contributed by atoms with Crippen LogP contribution in [-0.2, 0) is 4.79 Å². The Morgan fingerprint density at radius 2 is 2.00 bits per heavy atom. The molecular formula is C9H7ClF2O3. The predicted molar refractivity (Wildman–Crippen MR) is 49.0 cm³/mol. The standard InChI is InChI=1S/C9H7ClF2O3/c10-6-3-4(8(11)12)1-2-5(6)7(13)9(14)15/h1-3,7-8,13H,(H,14,15). The number of carboxylic acid groups (broad SMARTS) is 1. The lowest BCUT2D eigenvalue weighted by molar-refractivity contribution is -0.146. The summed E-state index contributed by atoms with van der Waals surface area (Å²) < 4.78 is 24.4. The Hall–Kier alpha value is -1.20. The second-order valence-corrected chi connectivity index (χ2v) is 3.23. The van der Waals surface area contributed by atoms with Crippen LogP contribution in [0, 0.1) is 0 Å². The zero-order valence-electron chi connectivity index (χ0n) is 7.32. The maximum atomic E-state index is 12.2. The molecule has 0 radical (unpaired) electrons. The molecule has 0 bridgehead atoms. The van der Waals surface area contributed by atoms with Gasteiger partial charge in [-0.05, 0) is 6.07 Å². The van der Waals surface area contributed by atoms with E-state index in [4.69, 9.17) is 21.8 Å². The number of hydrogen-bond acceptors (Lipinski definition) is 2. The van der Waals surface area contributed by atoms with Crippen molar-refractivity contribution in [1.82, 2.24) is 0 Å². The number of aliphatic hydroxyl groups is 1. The van der Waals surface area contributed by atoms with E-state index in [2.05, 4.69) is 0 Å². The number of aliphatic carboxylic acids is 1. The number of aliphatic hydroxyl groups excluding tert-OH is 1. The van der Waals surface area contributed by atoms with Crippen LogP contribution in [0.1, 0.15) is 23.7 Å². The fourth-order valence-electron chi connectivity index (χ4n) is 1.03. The van der Waals surface area contributed by atoms with Crippen molar-refractivity contribution in [2.24, 2.45) is 0 Å². The molecular weight excluding hydrogens is 230 g/mol. The lowest BCUT2D eigenvalue weighted by Gasteiger charge is -2.09. The number of rotatable bonds is 3. The minimum atomic E-state index is -2.68. The first-order valence-corrected chi connectivity index (χ1v) is 4.29. The first-order chi connectivity index (χ1) is 6.93. The van der Waals surface area contributed by atoms with Crippen molar-refractivity contribution in [3.05, 3.63) is 34.3 Å². The molecule has 0 heterocycles. The SMILES string of the molecule is O=C(O)C(O)c1ccc(C(F)F)cc1Cl. The highest BCUT2D eigenvalue weighted by molar-refractivity contribution is 6.31. The van der Waals surface area contributed by atoms with E-state index in [9.17, 15) is 13.6 Å². The van der Waals surface area contributed by atoms with Crippen molar-refractivity contribution < 1.29 is 23.8 Å². The number of halogens is 3. The van der Waals surface area contributed by atoms with Gasteiger partial charge in [-0.15, -0.1) is 0 Å². The molecule has 1 atom stereocenters. The molecule has 82 valence electrons. The second-order valence-electron chi connectivity index (χ2n) is 2.82. The molecule has 1 aromatic rings. The summed E-state index contributed by atoms with van der Waals surface area (Å²) in [6.07, 6.45) is -4.48. The Bertz CT molecular complexity index is 382. The number of hydrogen-bond donors (Lipinski definition) is 2. The number of carboxylic acids is 1. The Morgan fingerprint density at radius 3 is 2.40 bits per heavy atom. The topological polar surface area (TPSA) is 57.5 Å². The molecule has 2 N–H and O–H groups in total. The van der Waals surface area contributed by atoms with E-state index in [0.29, 0.717) is 0 Å². The van der Waals surface area contributed by atoms with Gasteiger partial charge in [-0.25, -0.2) is 13.6 Å². The van der Waals surface area contributed by atoms with Gasteiger partial charge in [0.05, 0.1) is 0 Å². The van der Waals surface area contributed by atoms with E-state index in [-0.39, 0.29) is 16.1 Å². The summed E-state index contributed by atoms with van der Waals surface area (Å²) in [5.74, 6) is -1.48. The summed E-state index contributed by atoms with van der Waals surface area (Å²) >= 11 is 5.56. The van der Waals surface area contributed by atoms with E-state index in [1.807, 2.05) is 0 Å². The van der Waals surface area contributed by atoms with Crippen LogP contribution in [-0.4, -0.2) is 16.2 Å². The zero-order chi connectivity index (χ0) is 11.6. The Kier molecular flexibility index (Phi) is 3.60. The lowest BCUT2D eigenvalue weighted by atomic mass is 10.1. The number of benzene rings is 1. The molecule has 1 aromatic carbocycles. The molecule has 0 fully saturated rings. The van der Waals surface area contributed by atoms with E-state index in [1.165, 1.54) is 0 Å². The van der Waals surface area contributed by atoms with Gasteiger partial charge in [0.2, 0.25) is 0 Å². The summed E-state index contributed by atoms with van der Waals surface area (Å²) in [6, 6.07) is 3.04. The minimum absolute atomic E-state index is 0.103. The van der Waals surface area contributed by atoms with E-state index in [0.717, 1.165) is 18.2 Å². The van der Waals surface area contributed by atoms with Crippen molar-refractivity contribution in [3.63, 3.8) is 0 Å². The molecule has 6 heteroatoms. The Morgan fingerprint density at radius 1 is 1.40 bits per heavy atom. The van der Waals surface area contributed by atoms with Gasteiger partial charge in [-0.2, -0.15) is 0 Å². The average molecular weight is 237 g/mol. The zero-order valence-corrected chi connectivity index (χ0v) is 8.08. The third-order valence-corrected chi connectivity index (χ3v) is 2.13. The normalized spacial score (nSPS) is 12.9. The van der Waals surface area contributed by atoms with Crippen LogP contribution in [0.3, 0.4) is 0 Å². The highest BCUT2D eigenvalue weighted by atomic mass is 35.5. The van der Waals surface area contributed by atoms with Gasteiger partial charge in [0.25, 0.3) is 6.43 Å². The van der Waals surface area contributed by atoms with Crippen LogP contribution >= 0.6 is 11.6 Å². The molecule has 0 aromatic heterocycles. The maximum Gasteiger partial charge on any atom is 0.337 e. The molecule has 1 unspecified atom stereocenters. The third-order valence-electron chi connectivity index (χ3n) is 1.80. The van der Waals surface area contributed by atoms with Crippen molar-refractivity contribution >= 4 is 17.6 Å². The van der Waals surface area contributed by atoms with Crippen molar-refractivity contribution in [3.8, 4) is 0 Å². The summed E-state index contributed by atoms with van der Waals surface area (Å²) in [5.41, 5.74) is -0.421. The Labute approximate surface area is 88.9 Å². The van der Waals surface area contributed by atoms with Gasteiger partial charge in [0, 0.05) is 16.1 Å². The smallest absolute Gasteiger partial charge is 0.337 e. The lowest BCUT2D eigenvalue weighted by Crippen LogP contribution is -2.11. The quantitative estimate of drug-likeness (QED) is 0.847. The van der Waals surface area contributed by atoms with Crippen LogP contribution in [0.4, 0.5) is 8.78 Å². The first kappa shape index (κ1) is 11.9. The van der Waals surface area contributed by atoms with Crippen molar-refractivity contribution in [2.45, 2.75) is 12.5 Å². The van der Waals surface area contributed by atoms with Gasteiger partial charge in [-0.3, -0.25) is 0 Å². The maximum absolute atomic E-state index is 12.2. The third kappa shape index (κ3) is 2.64. The summed E-state index contributed by atoms with van der Waals surface area (Å²) in [7, 11) is 0. The molecule has 1 rings (SSSR count). The molecule has 0 spiro atoms. The molecule has 15 heavy (non-hydrogen) atoms. The van der Waals surface area contributed by atoms with Gasteiger partial charge in [0.1, 0.15) is 0 Å². The highest BCUT2D eigenvalue weighted by Gasteiger charge is 2.20. The molecule has 0 aliphatic carbocycles. The predicted octanol–water partition coefficient (Wildman–Crippen LogP) is 2.40. The van der Waals surface area contributed by atoms with Crippen LogP contribution < -0.4 is 0 Å². The molecule has 0 aliphatic heterocycles. The molecule has 0 aliphatic rings. The van der Waals surface area contributed by atoms with Gasteiger partial charge in [0.15, 0.2) is 6.10 Å². The summed E-state index contributed by atoms with van der Waals surface area (Å²) in [6.45, 7) is 0. The van der Waals surface area contributed by atoms with Gasteiger partial charge >= 0.3 is 5.97 Å². The van der Waals surface area contributed by atoms with Crippen LogP contribution in [0.15, 0.2) is 18.2 Å². The van der Waals surface area contributed by atoms with Gasteiger partial charge < -0.3 is 10.2 Å². The summed E-state index contributed by atoms with van der Waals surface area (Å²) in [5, 5.41) is 17.4. The second kappa shape index (κ2) is 4.55. The fourth-order valence-corrected chi connectivity index (χ4v) is 1.33. The molecule has 3 nitrogen and oxygen atoms in total. The van der Waals surface area contributed by atoms with Crippen molar-refractivity contribution in [2.75, 3.05) is 0 Å². The average Bonchev–Trinajstić information content (AvgIpc) is 2.16. The molecule has 0 amide bonds. The van der Waals surface area contributed by atoms with Crippen molar-refractivity contribution in [1.29, 1.82) is 0 Å².